The molecular formula is C12H22O11. The van der Waals surface area contributed by atoms with E-state index in [1.807, 2.05) is 0 Å². The second kappa shape index (κ2) is 7.63. The SMILES string of the molecule is OCC1O[C@H](O[C@H]2C(CO)OC(O)C(O)[C@H]2O)[C@@H](O)C(O)[C@@H]1O. The molecule has 2 fully saturated rings. The normalized spacial score (nSPS) is 51.7. The van der Waals surface area contributed by atoms with E-state index >= 15 is 0 Å². The summed E-state index contributed by atoms with van der Waals surface area (Å²) in [6.45, 7) is -1.35. The van der Waals surface area contributed by atoms with E-state index in [4.69, 9.17) is 19.3 Å². The minimum atomic E-state index is -1.74. The molecule has 11 nitrogen and oxygen atoms in total. The van der Waals surface area contributed by atoms with Gasteiger partial charge in [0.25, 0.3) is 0 Å². The van der Waals surface area contributed by atoms with Crippen molar-refractivity contribution in [2.45, 2.75) is 61.4 Å². The third-order valence-corrected chi connectivity index (χ3v) is 3.98. The van der Waals surface area contributed by atoms with Crippen molar-refractivity contribution in [2.24, 2.45) is 0 Å². The standard InChI is InChI=1S/C12H22O11/c13-1-3-5(15)6(16)9(19)12(22-3)23-10-4(2-14)21-11(20)8(18)7(10)17/h3-20H,1-2H2/t3?,4?,5-,6?,7-,8?,9+,10+,11?,12-/m1/s1. The van der Waals surface area contributed by atoms with Crippen LogP contribution in [0.4, 0.5) is 0 Å². The summed E-state index contributed by atoms with van der Waals surface area (Å²) in [4.78, 5) is 0. The second-order valence-electron chi connectivity index (χ2n) is 5.53. The largest absolute Gasteiger partial charge is 0.394 e. The Balaban J connectivity index is 2.11. The van der Waals surface area contributed by atoms with Crippen LogP contribution in [-0.4, -0.2) is 115 Å². The molecule has 2 saturated heterocycles. The summed E-state index contributed by atoms with van der Waals surface area (Å²) in [6.07, 6.45) is -15.6. The smallest absolute Gasteiger partial charge is 0.187 e. The van der Waals surface area contributed by atoms with Crippen LogP contribution < -0.4 is 0 Å². The number of hydrogen-bond acceptors (Lipinski definition) is 11. The molecule has 0 aromatic rings. The molecule has 23 heavy (non-hydrogen) atoms. The fourth-order valence-corrected chi connectivity index (χ4v) is 2.57. The zero-order valence-corrected chi connectivity index (χ0v) is 12.0. The van der Waals surface area contributed by atoms with E-state index in [-0.39, 0.29) is 0 Å². The van der Waals surface area contributed by atoms with E-state index < -0.39 is 74.6 Å². The average Bonchev–Trinajstić information content (AvgIpc) is 2.55. The molecule has 11 heteroatoms. The Morgan fingerprint density at radius 2 is 1.26 bits per heavy atom. The average molecular weight is 342 g/mol. The molecule has 0 amide bonds. The number of ether oxygens (including phenoxy) is 3. The highest BCUT2D eigenvalue weighted by Crippen LogP contribution is 2.28. The summed E-state index contributed by atoms with van der Waals surface area (Å²) >= 11 is 0. The van der Waals surface area contributed by atoms with Crippen molar-refractivity contribution in [1.29, 1.82) is 0 Å². The van der Waals surface area contributed by atoms with E-state index in [9.17, 15) is 35.7 Å². The maximum absolute atomic E-state index is 9.94. The van der Waals surface area contributed by atoms with Gasteiger partial charge in [0.1, 0.15) is 48.8 Å². The van der Waals surface area contributed by atoms with Gasteiger partial charge in [-0.05, 0) is 0 Å². The topological polar surface area (TPSA) is 190 Å². The summed E-state index contributed by atoms with van der Waals surface area (Å²) in [7, 11) is 0. The van der Waals surface area contributed by atoms with E-state index in [0.29, 0.717) is 0 Å². The third-order valence-electron chi connectivity index (χ3n) is 3.98. The first-order valence-corrected chi connectivity index (χ1v) is 7.08. The molecule has 2 aliphatic heterocycles. The molecule has 136 valence electrons. The van der Waals surface area contributed by atoms with Gasteiger partial charge >= 0.3 is 0 Å². The number of aliphatic hydroxyl groups is 8. The lowest BCUT2D eigenvalue weighted by Gasteiger charge is -2.45. The lowest BCUT2D eigenvalue weighted by molar-refractivity contribution is -0.355. The number of rotatable bonds is 4. The summed E-state index contributed by atoms with van der Waals surface area (Å²) in [5.74, 6) is 0. The minimum absolute atomic E-state index is 0.667. The molecule has 0 spiro atoms. The molecule has 0 bridgehead atoms. The maximum atomic E-state index is 9.94. The van der Waals surface area contributed by atoms with Gasteiger partial charge in [0.2, 0.25) is 0 Å². The van der Waals surface area contributed by atoms with Crippen molar-refractivity contribution in [3.63, 3.8) is 0 Å². The molecule has 8 N–H and O–H groups in total. The first kappa shape index (κ1) is 18.9. The van der Waals surface area contributed by atoms with Gasteiger partial charge in [-0.15, -0.1) is 0 Å². The molecule has 2 rings (SSSR count). The summed E-state index contributed by atoms with van der Waals surface area (Å²) < 4.78 is 15.3. The quantitative estimate of drug-likeness (QED) is 0.243. The van der Waals surface area contributed by atoms with Crippen LogP contribution >= 0.6 is 0 Å². The van der Waals surface area contributed by atoms with Crippen LogP contribution in [0.15, 0.2) is 0 Å². The lowest BCUT2D eigenvalue weighted by Crippen LogP contribution is -2.64. The summed E-state index contributed by atoms with van der Waals surface area (Å²) in [6, 6.07) is 0. The second-order valence-corrected chi connectivity index (χ2v) is 5.53. The predicted molar refractivity (Wildman–Crippen MR) is 68.6 cm³/mol. The molecule has 0 radical (unpaired) electrons. The van der Waals surface area contributed by atoms with Crippen LogP contribution in [0.5, 0.6) is 0 Å². The molecule has 2 aliphatic rings. The van der Waals surface area contributed by atoms with Gasteiger partial charge < -0.3 is 55.1 Å². The summed E-state index contributed by atoms with van der Waals surface area (Å²) in [5.41, 5.74) is 0. The van der Waals surface area contributed by atoms with Crippen molar-refractivity contribution >= 4 is 0 Å². The van der Waals surface area contributed by atoms with Crippen molar-refractivity contribution in [3.05, 3.63) is 0 Å². The van der Waals surface area contributed by atoms with Gasteiger partial charge in [0.15, 0.2) is 12.6 Å². The van der Waals surface area contributed by atoms with Gasteiger partial charge in [-0.3, -0.25) is 0 Å². The van der Waals surface area contributed by atoms with E-state index in [1.165, 1.54) is 0 Å². The summed E-state index contributed by atoms with van der Waals surface area (Å²) in [5, 5.41) is 76.5. The highest BCUT2D eigenvalue weighted by Gasteiger charge is 2.50. The monoisotopic (exact) mass is 342 g/mol. The Morgan fingerprint density at radius 3 is 1.83 bits per heavy atom. The maximum Gasteiger partial charge on any atom is 0.187 e. The zero-order valence-electron chi connectivity index (χ0n) is 12.0. The molecule has 10 atom stereocenters. The predicted octanol–water partition coefficient (Wildman–Crippen LogP) is -5.40. The Kier molecular flexibility index (Phi) is 6.27. The van der Waals surface area contributed by atoms with Crippen LogP contribution in [0.2, 0.25) is 0 Å². The first-order chi connectivity index (χ1) is 10.8. The fraction of sp³-hybridized carbons (Fsp3) is 1.00. The molecule has 2 heterocycles. The Hall–Kier alpha value is -0.440. The number of aliphatic hydroxyl groups excluding tert-OH is 8. The van der Waals surface area contributed by atoms with E-state index in [1.54, 1.807) is 0 Å². The van der Waals surface area contributed by atoms with Crippen molar-refractivity contribution in [3.8, 4) is 0 Å². The highest BCUT2D eigenvalue weighted by atomic mass is 16.7. The van der Waals surface area contributed by atoms with E-state index in [2.05, 4.69) is 0 Å². The van der Waals surface area contributed by atoms with Crippen LogP contribution in [0.1, 0.15) is 0 Å². The molecule has 0 aliphatic carbocycles. The Morgan fingerprint density at radius 1 is 0.652 bits per heavy atom. The fourth-order valence-electron chi connectivity index (χ4n) is 2.57. The third kappa shape index (κ3) is 3.65. The van der Waals surface area contributed by atoms with Crippen LogP contribution in [-0.2, 0) is 14.2 Å². The van der Waals surface area contributed by atoms with Gasteiger partial charge in [-0.1, -0.05) is 0 Å². The minimum Gasteiger partial charge on any atom is -0.394 e. The van der Waals surface area contributed by atoms with Gasteiger partial charge in [-0.25, -0.2) is 0 Å². The lowest BCUT2D eigenvalue weighted by atomic mass is 9.97. The zero-order chi connectivity index (χ0) is 17.3. The van der Waals surface area contributed by atoms with Crippen molar-refractivity contribution < 1.29 is 55.1 Å². The van der Waals surface area contributed by atoms with Crippen LogP contribution in [0, 0.1) is 0 Å². The van der Waals surface area contributed by atoms with Gasteiger partial charge in [0.05, 0.1) is 13.2 Å². The Bertz CT molecular complexity index is 378. The molecule has 5 unspecified atom stereocenters. The van der Waals surface area contributed by atoms with Crippen LogP contribution in [0.3, 0.4) is 0 Å². The molecule has 0 aromatic carbocycles. The molecule has 0 aromatic heterocycles. The van der Waals surface area contributed by atoms with Crippen molar-refractivity contribution in [1.82, 2.24) is 0 Å². The van der Waals surface area contributed by atoms with Gasteiger partial charge in [-0.2, -0.15) is 0 Å². The van der Waals surface area contributed by atoms with Crippen LogP contribution in [0.25, 0.3) is 0 Å². The van der Waals surface area contributed by atoms with Crippen molar-refractivity contribution in [2.75, 3.05) is 13.2 Å². The highest BCUT2D eigenvalue weighted by molar-refractivity contribution is 4.93. The van der Waals surface area contributed by atoms with E-state index in [0.717, 1.165) is 0 Å². The molecular weight excluding hydrogens is 320 g/mol. The molecule has 0 saturated carbocycles. The number of hydrogen-bond donors (Lipinski definition) is 8. The first-order valence-electron chi connectivity index (χ1n) is 7.08. The Labute approximate surface area is 130 Å². The van der Waals surface area contributed by atoms with Gasteiger partial charge in [0, 0.05) is 0 Å².